The molecular formula is C12H16BrNO. The molecule has 1 fully saturated rings. The van der Waals surface area contributed by atoms with E-state index in [1.807, 2.05) is 12.4 Å². The van der Waals surface area contributed by atoms with Crippen molar-refractivity contribution in [3.05, 3.63) is 30.1 Å². The van der Waals surface area contributed by atoms with Gasteiger partial charge in [-0.05, 0) is 36.0 Å². The molecule has 1 aromatic heterocycles. The van der Waals surface area contributed by atoms with Gasteiger partial charge in [0.05, 0.1) is 6.61 Å². The Bertz CT molecular complexity index is 298. The molecule has 3 heteroatoms. The van der Waals surface area contributed by atoms with E-state index in [4.69, 9.17) is 4.74 Å². The molecule has 82 valence electrons. The highest BCUT2D eigenvalue weighted by molar-refractivity contribution is 9.09. The fraction of sp³-hybridized carbons (Fsp3) is 0.583. The molecule has 0 aromatic carbocycles. The summed E-state index contributed by atoms with van der Waals surface area (Å²) in [5.74, 6) is 1.16. The maximum Gasteiger partial charge on any atom is 0.0506 e. The smallest absolute Gasteiger partial charge is 0.0506 e. The summed E-state index contributed by atoms with van der Waals surface area (Å²) in [5, 5.41) is 0. The topological polar surface area (TPSA) is 22.1 Å². The molecule has 0 amide bonds. The highest BCUT2D eigenvalue weighted by Crippen LogP contribution is 2.33. The molecule has 0 N–H and O–H groups in total. The second kappa shape index (κ2) is 5.08. The first-order valence-corrected chi connectivity index (χ1v) is 6.32. The van der Waals surface area contributed by atoms with Crippen LogP contribution in [0.1, 0.15) is 24.8 Å². The van der Waals surface area contributed by atoms with Crippen LogP contribution in [0.2, 0.25) is 0 Å². The fourth-order valence-corrected chi connectivity index (χ4v) is 2.79. The molecule has 1 aromatic rings. The first-order valence-electron chi connectivity index (χ1n) is 5.41. The van der Waals surface area contributed by atoms with Crippen molar-refractivity contribution < 1.29 is 4.74 Å². The van der Waals surface area contributed by atoms with Crippen LogP contribution in [-0.2, 0) is 4.74 Å². The molecule has 1 saturated heterocycles. The van der Waals surface area contributed by atoms with Gasteiger partial charge in [0.25, 0.3) is 0 Å². The number of rotatable bonds is 3. The maximum atomic E-state index is 5.42. The Balaban J connectivity index is 2.03. The molecule has 2 heterocycles. The predicted octanol–water partition coefficient (Wildman–Crippen LogP) is 2.99. The molecule has 3 unspecified atom stereocenters. The van der Waals surface area contributed by atoms with Crippen LogP contribution in [-0.4, -0.2) is 23.0 Å². The third kappa shape index (κ3) is 2.58. The summed E-state index contributed by atoms with van der Waals surface area (Å²) < 4.78 is 5.42. The van der Waals surface area contributed by atoms with Gasteiger partial charge in [-0.15, -0.1) is 0 Å². The van der Waals surface area contributed by atoms with E-state index in [1.54, 1.807) is 0 Å². The van der Waals surface area contributed by atoms with Crippen LogP contribution in [0.15, 0.2) is 24.5 Å². The summed E-state index contributed by atoms with van der Waals surface area (Å²) in [5.41, 5.74) is 1.35. The lowest BCUT2D eigenvalue weighted by atomic mass is 9.90. The van der Waals surface area contributed by atoms with Crippen LogP contribution >= 0.6 is 15.9 Å². The SMILES string of the molecule is CC(c1ccncc1)C(Br)C1CCOC1. The number of hydrogen-bond donors (Lipinski definition) is 0. The highest BCUT2D eigenvalue weighted by atomic mass is 79.9. The second-order valence-electron chi connectivity index (χ2n) is 4.14. The van der Waals surface area contributed by atoms with Crippen LogP contribution in [0.5, 0.6) is 0 Å². The number of ether oxygens (including phenoxy) is 1. The Hall–Kier alpha value is -0.410. The minimum Gasteiger partial charge on any atom is -0.381 e. The number of hydrogen-bond acceptors (Lipinski definition) is 2. The maximum absolute atomic E-state index is 5.42. The van der Waals surface area contributed by atoms with Crippen molar-refractivity contribution in [1.82, 2.24) is 4.98 Å². The molecule has 3 atom stereocenters. The third-order valence-corrected chi connectivity index (χ3v) is 4.67. The fourth-order valence-electron chi connectivity index (χ4n) is 2.06. The number of halogens is 1. The molecule has 0 aliphatic carbocycles. The van der Waals surface area contributed by atoms with Gasteiger partial charge in [0, 0.05) is 23.8 Å². The van der Waals surface area contributed by atoms with E-state index in [1.165, 1.54) is 12.0 Å². The van der Waals surface area contributed by atoms with Gasteiger partial charge < -0.3 is 4.74 Å². The van der Waals surface area contributed by atoms with E-state index in [2.05, 4.69) is 40.0 Å². The molecule has 2 rings (SSSR count). The second-order valence-corrected chi connectivity index (χ2v) is 5.19. The Labute approximate surface area is 99.2 Å². The van der Waals surface area contributed by atoms with E-state index in [9.17, 15) is 0 Å². The standard InChI is InChI=1S/C12H16BrNO/c1-9(10-2-5-14-6-3-10)12(13)11-4-7-15-8-11/h2-3,5-6,9,11-12H,4,7-8H2,1H3. The lowest BCUT2D eigenvalue weighted by Crippen LogP contribution is -2.20. The van der Waals surface area contributed by atoms with E-state index < -0.39 is 0 Å². The van der Waals surface area contributed by atoms with Crippen molar-refractivity contribution in [2.24, 2.45) is 5.92 Å². The summed E-state index contributed by atoms with van der Waals surface area (Å²) in [6.07, 6.45) is 4.89. The van der Waals surface area contributed by atoms with Gasteiger partial charge in [0.1, 0.15) is 0 Å². The minimum atomic E-state index is 0.502. The summed E-state index contributed by atoms with van der Waals surface area (Å²) in [6.45, 7) is 4.06. The Morgan fingerprint density at radius 3 is 2.80 bits per heavy atom. The van der Waals surface area contributed by atoms with E-state index in [0.29, 0.717) is 16.7 Å². The van der Waals surface area contributed by atoms with Crippen LogP contribution in [0.3, 0.4) is 0 Å². The van der Waals surface area contributed by atoms with Gasteiger partial charge >= 0.3 is 0 Å². The first-order chi connectivity index (χ1) is 7.29. The minimum absolute atomic E-state index is 0.502. The van der Waals surface area contributed by atoms with Gasteiger partial charge in [-0.2, -0.15) is 0 Å². The largest absolute Gasteiger partial charge is 0.381 e. The molecule has 0 spiro atoms. The predicted molar refractivity (Wildman–Crippen MR) is 64.3 cm³/mol. The van der Waals surface area contributed by atoms with Gasteiger partial charge in [0.15, 0.2) is 0 Å². The van der Waals surface area contributed by atoms with E-state index >= 15 is 0 Å². The summed E-state index contributed by atoms with van der Waals surface area (Å²) in [7, 11) is 0. The number of aromatic nitrogens is 1. The zero-order valence-electron chi connectivity index (χ0n) is 8.90. The summed E-state index contributed by atoms with van der Waals surface area (Å²) in [6, 6.07) is 4.18. The quantitative estimate of drug-likeness (QED) is 0.788. The van der Waals surface area contributed by atoms with Crippen molar-refractivity contribution in [3.8, 4) is 0 Å². The molecule has 1 aliphatic rings. The molecule has 0 bridgehead atoms. The van der Waals surface area contributed by atoms with Crippen LogP contribution < -0.4 is 0 Å². The Kier molecular flexibility index (Phi) is 3.76. The van der Waals surface area contributed by atoms with Crippen LogP contribution in [0.4, 0.5) is 0 Å². The van der Waals surface area contributed by atoms with Crippen molar-refractivity contribution in [1.29, 1.82) is 0 Å². The third-order valence-electron chi connectivity index (χ3n) is 3.12. The van der Waals surface area contributed by atoms with Crippen molar-refractivity contribution in [2.45, 2.75) is 24.1 Å². The van der Waals surface area contributed by atoms with Crippen molar-refractivity contribution >= 4 is 15.9 Å². The molecule has 0 radical (unpaired) electrons. The normalized spacial score (nSPS) is 25.1. The monoisotopic (exact) mass is 269 g/mol. The van der Waals surface area contributed by atoms with Gasteiger partial charge in [-0.25, -0.2) is 0 Å². The molecule has 15 heavy (non-hydrogen) atoms. The summed E-state index contributed by atoms with van der Waals surface area (Å²) >= 11 is 3.81. The van der Waals surface area contributed by atoms with E-state index in [0.717, 1.165) is 13.2 Å². The zero-order chi connectivity index (χ0) is 10.7. The average Bonchev–Trinajstić information content (AvgIpc) is 2.82. The number of nitrogens with zero attached hydrogens (tertiary/aromatic N) is 1. The molecule has 0 saturated carbocycles. The summed E-state index contributed by atoms with van der Waals surface area (Å²) in [4.78, 5) is 4.55. The first kappa shape index (κ1) is 11.1. The van der Waals surface area contributed by atoms with Gasteiger partial charge in [0.2, 0.25) is 0 Å². The van der Waals surface area contributed by atoms with Crippen LogP contribution in [0, 0.1) is 5.92 Å². The van der Waals surface area contributed by atoms with Crippen molar-refractivity contribution in [2.75, 3.05) is 13.2 Å². The van der Waals surface area contributed by atoms with Gasteiger partial charge in [-0.3, -0.25) is 4.98 Å². The Morgan fingerprint density at radius 2 is 2.20 bits per heavy atom. The number of pyridine rings is 1. The zero-order valence-corrected chi connectivity index (χ0v) is 10.5. The lowest BCUT2D eigenvalue weighted by molar-refractivity contribution is 0.184. The average molecular weight is 270 g/mol. The van der Waals surface area contributed by atoms with Crippen molar-refractivity contribution in [3.63, 3.8) is 0 Å². The number of alkyl halides is 1. The van der Waals surface area contributed by atoms with E-state index in [-0.39, 0.29) is 0 Å². The Morgan fingerprint density at radius 1 is 1.47 bits per heavy atom. The molecular weight excluding hydrogens is 254 g/mol. The molecule has 2 nitrogen and oxygen atoms in total. The molecule has 1 aliphatic heterocycles. The lowest BCUT2D eigenvalue weighted by Gasteiger charge is -2.23. The van der Waals surface area contributed by atoms with Crippen LogP contribution in [0.25, 0.3) is 0 Å². The van der Waals surface area contributed by atoms with Gasteiger partial charge in [-0.1, -0.05) is 22.9 Å². The highest BCUT2D eigenvalue weighted by Gasteiger charge is 2.28.